The lowest BCUT2D eigenvalue weighted by molar-refractivity contribution is -0.139. The number of piperidine rings is 2. The van der Waals surface area contributed by atoms with Crippen molar-refractivity contribution in [3.8, 4) is 0 Å². The second kappa shape index (κ2) is 7.41. The molecule has 3 aliphatic rings. The molecule has 11 nitrogen and oxygen atoms in total. The zero-order valence-corrected chi connectivity index (χ0v) is 14.4. The SMILES string of the molecule is O=C(NOC[C@@H]1CCCCN1)[C@@H]1CC[C@@H]2CN1C(=O)N2OS(=O)(=O)O. The molecule has 3 fully saturated rings. The topological polar surface area (TPSA) is 138 Å². The van der Waals surface area contributed by atoms with Crippen LogP contribution in [0.15, 0.2) is 0 Å². The highest BCUT2D eigenvalue weighted by atomic mass is 32.3. The molecule has 0 radical (unpaired) electrons. The minimum Gasteiger partial charge on any atom is -0.312 e. The summed E-state index contributed by atoms with van der Waals surface area (Å²) in [6, 6.07) is -1.87. The molecule has 0 spiro atoms. The van der Waals surface area contributed by atoms with Crippen molar-refractivity contribution in [2.24, 2.45) is 0 Å². The fraction of sp³-hybridized carbons (Fsp3) is 0.846. The Hall–Kier alpha value is -1.47. The summed E-state index contributed by atoms with van der Waals surface area (Å²) >= 11 is 0. The van der Waals surface area contributed by atoms with Gasteiger partial charge in [0.2, 0.25) is 0 Å². The van der Waals surface area contributed by atoms with Crippen LogP contribution in [0, 0.1) is 0 Å². The Morgan fingerprint density at radius 2 is 2.12 bits per heavy atom. The molecule has 0 saturated carbocycles. The van der Waals surface area contributed by atoms with Crippen LogP contribution >= 0.6 is 0 Å². The number of fused-ring (bicyclic) bond motifs is 2. The summed E-state index contributed by atoms with van der Waals surface area (Å²) in [5.74, 6) is -0.462. The highest BCUT2D eigenvalue weighted by molar-refractivity contribution is 7.80. The first kappa shape index (κ1) is 18.3. The molecule has 142 valence electrons. The highest BCUT2D eigenvalue weighted by Crippen LogP contribution is 2.30. The van der Waals surface area contributed by atoms with Crippen LogP contribution < -0.4 is 10.8 Å². The molecule has 25 heavy (non-hydrogen) atoms. The average molecular weight is 378 g/mol. The van der Waals surface area contributed by atoms with Crippen molar-refractivity contribution in [2.45, 2.75) is 50.2 Å². The Kier molecular flexibility index (Phi) is 5.43. The number of nitrogens with zero attached hydrogens (tertiary/aromatic N) is 2. The number of hydrogen-bond donors (Lipinski definition) is 3. The number of hydrogen-bond acceptors (Lipinski definition) is 7. The van der Waals surface area contributed by atoms with Gasteiger partial charge in [-0.05, 0) is 32.2 Å². The van der Waals surface area contributed by atoms with Gasteiger partial charge in [-0.25, -0.2) is 10.3 Å². The van der Waals surface area contributed by atoms with Gasteiger partial charge >= 0.3 is 16.4 Å². The summed E-state index contributed by atoms with van der Waals surface area (Å²) in [6.45, 7) is 1.42. The van der Waals surface area contributed by atoms with Gasteiger partial charge < -0.3 is 10.2 Å². The first-order valence-electron chi connectivity index (χ1n) is 8.27. The van der Waals surface area contributed by atoms with Crippen LogP contribution in [0.3, 0.4) is 0 Å². The van der Waals surface area contributed by atoms with Gasteiger partial charge in [0, 0.05) is 12.6 Å². The third-order valence-electron chi connectivity index (χ3n) is 4.67. The summed E-state index contributed by atoms with van der Waals surface area (Å²) in [5, 5.41) is 3.90. The van der Waals surface area contributed by atoms with E-state index in [9.17, 15) is 18.0 Å². The van der Waals surface area contributed by atoms with E-state index in [4.69, 9.17) is 9.39 Å². The predicted octanol–water partition coefficient (Wildman–Crippen LogP) is -0.821. The lowest BCUT2D eigenvalue weighted by Gasteiger charge is -2.29. The molecule has 3 atom stereocenters. The van der Waals surface area contributed by atoms with Gasteiger partial charge in [0.25, 0.3) is 5.91 Å². The first-order chi connectivity index (χ1) is 11.8. The van der Waals surface area contributed by atoms with Gasteiger partial charge in [0.05, 0.1) is 12.6 Å². The van der Waals surface area contributed by atoms with Crippen LogP contribution in [0.1, 0.15) is 32.1 Å². The standard InChI is InChI=1S/C13H22N4O7S/c18-12(15-23-8-9-3-1-2-6-14-9)11-5-4-10-7-16(11)13(19)17(10)24-25(20,21)22/h9-11,14H,1-8H2,(H,15,18)(H,20,21,22)/t9-,10+,11-/m0/s1. The van der Waals surface area contributed by atoms with E-state index < -0.39 is 34.4 Å². The highest BCUT2D eigenvalue weighted by Gasteiger charge is 2.49. The molecule has 3 heterocycles. The maximum absolute atomic E-state index is 12.3. The molecule has 3 aliphatic heterocycles. The van der Waals surface area contributed by atoms with Gasteiger partial charge in [-0.1, -0.05) is 6.42 Å². The van der Waals surface area contributed by atoms with Crippen molar-refractivity contribution in [3.05, 3.63) is 0 Å². The number of hydroxylamine groups is 3. The molecule has 3 N–H and O–H groups in total. The summed E-state index contributed by atoms with van der Waals surface area (Å²) in [6.07, 6.45) is 3.95. The molecule has 0 aromatic rings. The molecule has 0 unspecified atom stereocenters. The molecule has 3 amide bonds. The molecule has 0 aromatic heterocycles. The number of nitrogens with one attached hydrogen (secondary N) is 2. The van der Waals surface area contributed by atoms with Crippen molar-refractivity contribution in [3.63, 3.8) is 0 Å². The van der Waals surface area contributed by atoms with E-state index in [0.717, 1.165) is 25.8 Å². The molecule has 12 heteroatoms. The average Bonchev–Trinajstić information content (AvgIpc) is 2.79. The van der Waals surface area contributed by atoms with E-state index in [2.05, 4.69) is 15.1 Å². The predicted molar refractivity (Wildman–Crippen MR) is 83.1 cm³/mol. The Labute approximate surface area is 145 Å². The minimum absolute atomic E-state index is 0.149. The lowest BCUT2D eigenvalue weighted by Crippen LogP contribution is -2.50. The van der Waals surface area contributed by atoms with E-state index in [-0.39, 0.29) is 12.6 Å². The summed E-state index contributed by atoms with van der Waals surface area (Å²) in [4.78, 5) is 31.0. The van der Waals surface area contributed by atoms with Crippen molar-refractivity contribution in [2.75, 3.05) is 19.7 Å². The van der Waals surface area contributed by atoms with Gasteiger partial charge in [0.1, 0.15) is 6.04 Å². The smallest absolute Gasteiger partial charge is 0.312 e. The maximum atomic E-state index is 12.3. The third-order valence-corrected chi connectivity index (χ3v) is 5.02. The van der Waals surface area contributed by atoms with E-state index in [1.807, 2.05) is 0 Å². The normalized spacial score (nSPS) is 29.8. The molecular weight excluding hydrogens is 356 g/mol. The summed E-state index contributed by atoms with van der Waals surface area (Å²) < 4.78 is 34.8. The van der Waals surface area contributed by atoms with Gasteiger partial charge in [0.15, 0.2) is 0 Å². The van der Waals surface area contributed by atoms with Gasteiger partial charge in [-0.3, -0.25) is 14.2 Å². The van der Waals surface area contributed by atoms with Crippen LogP contribution in [-0.2, 0) is 24.3 Å². The van der Waals surface area contributed by atoms with Crippen LogP contribution in [-0.4, -0.2) is 72.7 Å². The number of amides is 3. The molecular formula is C13H22N4O7S. The Morgan fingerprint density at radius 3 is 2.80 bits per heavy atom. The largest absolute Gasteiger partial charge is 0.418 e. The molecule has 0 aliphatic carbocycles. The van der Waals surface area contributed by atoms with E-state index in [0.29, 0.717) is 24.5 Å². The molecule has 3 saturated heterocycles. The summed E-state index contributed by atoms with van der Waals surface area (Å²) in [5.41, 5.74) is 2.37. The quantitative estimate of drug-likeness (QED) is 0.403. The fourth-order valence-corrected chi connectivity index (χ4v) is 3.84. The summed E-state index contributed by atoms with van der Waals surface area (Å²) in [7, 11) is -4.80. The molecule has 2 bridgehead atoms. The number of carbonyl (C=O) groups excluding carboxylic acids is 2. The van der Waals surface area contributed by atoms with Crippen LogP contribution in [0.2, 0.25) is 0 Å². The van der Waals surface area contributed by atoms with E-state index in [1.54, 1.807) is 0 Å². The van der Waals surface area contributed by atoms with E-state index >= 15 is 0 Å². The van der Waals surface area contributed by atoms with Crippen LogP contribution in [0.4, 0.5) is 4.79 Å². The Bertz CT molecular complexity index is 622. The zero-order chi connectivity index (χ0) is 18.0. The Morgan fingerprint density at radius 1 is 1.32 bits per heavy atom. The maximum Gasteiger partial charge on any atom is 0.418 e. The zero-order valence-electron chi connectivity index (χ0n) is 13.6. The van der Waals surface area contributed by atoms with E-state index in [1.165, 1.54) is 4.90 Å². The molecule has 0 aromatic carbocycles. The monoisotopic (exact) mass is 378 g/mol. The van der Waals surface area contributed by atoms with Crippen molar-refractivity contribution >= 4 is 22.3 Å². The Balaban J connectivity index is 1.51. The second-order valence-corrected chi connectivity index (χ2v) is 7.44. The van der Waals surface area contributed by atoms with Crippen LogP contribution in [0.25, 0.3) is 0 Å². The lowest BCUT2D eigenvalue weighted by atomic mass is 10.0. The van der Waals surface area contributed by atoms with Crippen LogP contribution in [0.5, 0.6) is 0 Å². The van der Waals surface area contributed by atoms with Crippen molar-refractivity contribution in [1.29, 1.82) is 0 Å². The number of urea groups is 1. The fourth-order valence-electron chi connectivity index (χ4n) is 3.45. The first-order valence-corrected chi connectivity index (χ1v) is 9.63. The third kappa shape index (κ3) is 4.39. The number of rotatable bonds is 6. The molecule has 3 rings (SSSR count). The van der Waals surface area contributed by atoms with Gasteiger partial charge in [-0.2, -0.15) is 13.5 Å². The van der Waals surface area contributed by atoms with Crippen molar-refractivity contribution in [1.82, 2.24) is 20.8 Å². The number of carbonyl (C=O) groups is 2. The second-order valence-electron chi connectivity index (χ2n) is 6.43. The van der Waals surface area contributed by atoms with Crippen molar-refractivity contribution < 1.29 is 31.7 Å². The minimum atomic E-state index is -4.80. The van der Waals surface area contributed by atoms with Gasteiger partial charge in [-0.15, -0.1) is 4.28 Å².